The minimum atomic E-state index is -3.42. The molecule has 1 aromatic carbocycles. The Bertz CT molecular complexity index is 467. The number of phenols is 1. The average molecular weight is 241 g/mol. The predicted octanol–water partition coefficient (Wildman–Crippen LogP) is 1.47. The van der Waals surface area contributed by atoms with E-state index in [2.05, 4.69) is 11.6 Å². The van der Waals surface area contributed by atoms with E-state index in [1.807, 2.05) is 0 Å². The molecule has 0 aliphatic heterocycles. The number of sulfonamides is 1. The van der Waals surface area contributed by atoms with E-state index >= 15 is 0 Å². The molecule has 88 valence electrons. The maximum atomic E-state index is 11.9. The first-order valence-corrected chi connectivity index (χ1v) is 6.82. The first kappa shape index (κ1) is 11.4. The lowest BCUT2D eigenvalue weighted by Gasteiger charge is -2.05. The first-order valence-electron chi connectivity index (χ1n) is 5.34. The summed E-state index contributed by atoms with van der Waals surface area (Å²) in [6.45, 7) is 2.06. The molecular formula is C11H15NO3S. The van der Waals surface area contributed by atoms with Crippen LogP contribution in [0.5, 0.6) is 5.75 Å². The molecule has 1 fully saturated rings. The van der Waals surface area contributed by atoms with Crippen molar-refractivity contribution in [3.05, 3.63) is 24.3 Å². The van der Waals surface area contributed by atoms with Gasteiger partial charge in [-0.25, -0.2) is 13.1 Å². The first-order chi connectivity index (χ1) is 7.53. The Morgan fingerprint density at radius 2 is 2.00 bits per heavy atom. The molecule has 1 aromatic rings. The molecule has 2 atom stereocenters. The summed E-state index contributed by atoms with van der Waals surface area (Å²) in [6, 6.07) is 5.64. The Morgan fingerprint density at radius 3 is 2.50 bits per heavy atom. The maximum absolute atomic E-state index is 11.9. The fourth-order valence-electron chi connectivity index (χ4n) is 1.74. The highest BCUT2D eigenvalue weighted by Crippen LogP contribution is 2.34. The van der Waals surface area contributed by atoms with Gasteiger partial charge in [-0.15, -0.1) is 0 Å². The summed E-state index contributed by atoms with van der Waals surface area (Å²) in [4.78, 5) is 0.201. The molecule has 1 aliphatic carbocycles. The monoisotopic (exact) mass is 241 g/mol. The van der Waals surface area contributed by atoms with Gasteiger partial charge in [0.1, 0.15) is 5.75 Å². The molecule has 1 saturated carbocycles. The van der Waals surface area contributed by atoms with Gasteiger partial charge in [0.05, 0.1) is 4.90 Å². The van der Waals surface area contributed by atoms with Crippen molar-refractivity contribution in [2.75, 3.05) is 0 Å². The van der Waals surface area contributed by atoms with Gasteiger partial charge in [-0.2, -0.15) is 0 Å². The van der Waals surface area contributed by atoms with Crippen molar-refractivity contribution in [1.82, 2.24) is 4.72 Å². The van der Waals surface area contributed by atoms with Crippen LogP contribution in [0.3, 0.4) is 0 Å². The highest BCUT2D eigenvalue weighted by Gasteiger charge is 2.38. The van der Waals surface area contributed by atoms with Crippen molar-refractivity contribution in [2.45, 2.75) is 30.7 Å². The SMILES string of the molecule is CCC1CC1NS(=O)(=O)c1ccc(O)cc1. The third kappa shape index (κ3) is 2.36. The van der Waals surface area contributed by atoms with Gasteiger partial charge in [0, 0.05) is 6.04 Å². The van der Waals surface area contributed by atoms with Crippen molar-refractivity contribution in [3.8, 4) is 5.75 Å². The van der Waals surface area contributed by atoms with Crippen molar-refractivity contribution in [3.63, 3.8) is 0 Å². The molecule has 2 rings (SSSR count). The number of nitrogens with one attached hydrogen (secondary N) is 1. The standard InChI is InChI=1S/C11H15NO3S/c1-2-8-7-11(8)12-16(14,15)10-5-3-9(13)4-6-10/h3-6,8,11-13H,2,7H2,1H3. The number of hydrogen-bond acceptors (Lipinski definition) is 3. The average Bonchev–Trinajstić information content (AvgIpc) is 2.96. The van der Waals surface area contributed by atoms with Crippen LogP contribution in [0.1, 0.15) is 19.8 Å². The maximum Gasteiger partial charge on any atom is 0.240 e. The van der Waals surface area contributed by atoms with Crippen molar-refractivity contribution in [2.24, 2.45) is 5.92 Å². The minimum absolute atomic E-state index is 0.0665. The third-order valence-electron chi connectivity index (χ3n) is 2.90. The highest BCUT2D eigenvalue weighted by atomic mass is 32.2. The number of hydrogen-bond donors (Lipinski definition) is 2. The van der Waals surface area contributed by atoms with Crippen LogP contribution in [0.2, 0.25) is 0 Å². The largest absolute Gasteiger partial charge is 0.508 e. The fraction of sp³-hybridized carbons (Fsp3) is 0.455. The Kier molecular flexibility index (Phi) is 2.90. The summed E-state index contributed by atoms with van der Waals surface area (Å²) in [5, 5.41) is 9.08. The van der Waals surface area contributed by atoms with Gasteiger partial charge in [-0.1, -0.05) is 13.3 Å². The molecule has 0 bridgehead atoms. The van der Waals surface area contributed by atoms with Crippen LogP contribution in [0.15, 0.2) is 29.2 Å². The van der Waals surface area contributed by atoms with Crippen molar-refractivity contribution in [1.29, 1.82) is 0 Å². The molecule has 0 saturated heterocycles. The second kappa shape index (κ2) is 4.07. The zero-order valence-electron chi connectivity index (χ0n) is 9.05. The number of phenolic OH excluding ortho intramolecular Hbond substituents is 1. The van der Waals surface area contributed by atoms with Crippen LogP contribution in [0.4, 0.5) is 0 Å². The Balaban J connectivity index is 2.10. The van der Waals surface area contributed by atoms with Gasteiger partial charge >= 0.3 is 0 Å². The van der Waals surface area contributed by atoms with Gasteiger partial charge in [0.15, 0.2) is 0 Å². The summed E-state index contributed by atoms with van der Waals surface area (Å²) in [5.41, 5.74) is 0. The summed E-state index contributed by atoms with van der Waals surface area (Å²) >= 11 is 0. The zero-order chi connectivity index (χ0) is 11.8. The van der Waals surface area contributed by atoms with Crippen LogP contribution in [-0.2, 0) is 10.0 Å². The highest BCUT2D eigenvalue weighted by molar-refractivity contribution is 7.89. The van der Waals surface area contributed by atoms with E-state index in [9.17, 15) is 8.42 Å². The van der Waals surface area contributed by atoms with E-state index in [1.165, 1.54) is 24.3 Å². The smallest absolute Gasteiger partial charge is 0.240 e. The van der Waals surface area contributed by atoms with Crippen LogP contribution in [0, 0.1) is 5.92 Å². The van der Waals surface area contributed by atoms with Crippen molar-refractivity contribution >= 4 is 10.0 Å². The lowest BCUT2D eigenvalue weighted by Crippen LogP contribution is -2.26. The minimum Gasteiger partial charge on any atom is -0.508 e. The molecule has 1 aliphatic rings. The van der Waals surface area contributed by atoms with E-state index in [4.69, 9.17) is 5.11 Å². The number of benzene rings is 1. The molecular weight excluding hydrogens is 226 g/mol. The quantitative estimate of drug-likeness (QED) is 0.839. The Hall–Kier alpha value is -1.07. The summed E-state index contributed by atoms with van der Waals surface area (Å²) in [6.07, 6.45) is 1.93. The van der Waals surface area contributed by atoms with Gasteiger partial charge in [-0.05, 0) is 36.6 Å². The van der Waals surface area contributed by atoms with Crippen LogP contribution in [-0.4, -0.2) is 19.6 Å². The molecule has 0 spiro atoms. The van der Waals surface area contributed by atoms with E-state index in [0.29, 0.717) is 5.92 Å². The normalized spacial score (nSPS) is 24.3. The molecule has 0 heterocycles. The molecule has 4 nitrogen and oxygen atoms in total. The third-order valence-corrected chi connectivity index (χ3v) is 4.41. The van der Waals surface area contributed by atoms with E-state index in [1.54, 1.807) is 0 Å². The molecule has 0 amide bonds. The number of aromatic hydroxyl groups is 1. The lowest BCUT2D eigenvalue weighted by atomic mass is 10.3. The van der Waals surface area contributed by atoms with Crippen LogP contribution in [0.25, 0.3) is 0 Å². The zero-order valence-corrected chi connectivity index (χ0v) is 9.87. The Morgan fingerprint density at radius 1 is 1.38 bits per heavy atom. The van der Waals surface area contributed by atoms with Crippen LogP contribution >= 0.6 is 0 Å². The lowest BCUT2D eigenvalue weighted by molar-refractivity contribution is 0.474. The second-order valence-corrected chi connectivity index (χ2v) is 5.84. The predicted molar refractivity (Wildman–Crippen MR) is 60.6 cm³/mol. The van der Waals surface area contributed by atoms with Crippen LogP contribution < -0.4 is 4.72 Å². The van der Waals surface area contributed by atoms with E-state index < -0.39 is 10.0 Å². The second-order valence-electron chi connectivity index (χ2n) is 4.13. The topological polar surface area (TPSA) is 66.4 Å². The fourth-order valence-corrected chi connectivity index (χ4v) is 3.05. The molecule has 0 radical (unpaired) electrons. The van der Waals surface area contributed by atoms with Gasteiger partial charge in [-0.3, -0.25) is 0 Å². The van der Waals surface area contributed by atoms with Gasteiger partial charge in [0.2, 0.25) is 10.0 Å². The summed E-state index contributed by atoms with van der Waals surface area (Å²) in [5.74, 6) is 0.545. The van der Waals surface area contributed by atoms with E-state index in [-0.39, 0.29) is 16.7 Å². The summed E-state index contributed by atoms with van der Waals surface area (Å²) < 4.78 is 26.4. The molecule has 5 heteroatoms. The van der Waals surface area contributed by atoms with Crippen molar-refractivity contribution < 1.29 is 13.5 Å². The van der Waals surface area contributed by atoms with Gasteiger partial charge in [0.25, 0.3) is 0 Å². The number of rotatable bonds is 4. The molecule has 2 unspecified atom stereocenters. The summed E-state index contributed by atoms with van der Waals surface area (Å²) in [7, 11) is -3.42. The molecule has 2 N–H and O–H groups in total. The van der Waals surface area contributed by atoms with E-state index in [0.717, 1.165) is 12.8 Å². The van der Waals surface area contributed by atoms with Gasteiger partial charge < -0.3 is 5.11 Å². The Labute approximate surface area is 95.4 Å². The molecule has 16 heavy (non-hydrogen) atoms. The molecule has 0 aromatic heterocycles.